The van der Waals surface area contributed by atoms with Gasteiger partial charge in [0.25, 0.3) is 0 Å². The first kappa shape index (κ1) is 9.61. The van der Waals surface area contributed by atoms with Crippen LogP contribution in [0.2, 0.25) is 0 Å². The number of likely N-dealkylation sites (tertiary alicyclic amines) is 1. The first-order valence-corrected chi connectivity index (χ1v) is 5.39. The summed E-state index contributed by atoms with van der Waals surface area (Å²) >= 11 is 1.64. The molecule has 1 aromatic rings. The molecule has 5 heteroatoms. The third-order valence-electron chi connectivity index (χ3n) is 2.33. The lowest BCUT2D eigenvalue weighted by Crippen LogP contribution is -2.49. The van der Waals surface area contributed by atoms with Crippen LogP contribution in [0, 0.1) is 12.8 Å². The Morgan fingerprint density at radius 1 is 1.79 bits per heavy atom. The molecule has 1 aliphatic heterocycles. The molecule has 1 aromatic heterocycles. The molecule has 0 radical (unpaired) electrons. The van der Waals surface area contributed by atoms with E-state index in [-0.39, 0.29) is 5.92 Å². The number of carboxylic acids is 1. The summed E-state index contributed by atoms with van der Waals surface area (Å²) in [5.74, 6) is -0.854. The van der Waals surface area contributed by atoms with Crippen LogP contribution in [0.15, 0.2) is 5.38 Å². The number of rotatable bonds is 3. The highest BCUT2D eigenvalue weighted by atomic mass is 32.1. The van der Waals surface area contributed by atoms with Gasteiger partial charge in [0.2, 0.25) is 0 Å². The van der Waals surface area contributed by atoms with Gasteiger partial charge < -0.3 is 5.11 Å². The molecular weight excluding hydrogens is 200 g/mol. The Kier molecular flexibility index (Phi) is 2.52. The Morgan fingerprint density at radius 2 is 2.50 bits per heavy atom. The zero-order valence-corrected chi connectivity index (χ0v) is 8.75. The van der Waals surface area contributed by atoms with Crippen LogP contribution >= 0.6 is 11.3 Å². The lowest BCUT2D eigenvalue weighted by molar-refractivity contribution is -0.147. The highest BCUT2D eigenvalue weighted by Gasteiger charge is 2.32. The van der Waals surface area contributed by atoms with Gasteiger partial charge in [-0.15, -0.1) is 11.3 Å². The van der Waals surface area contributed by atoms with E-state index in [0.29, 0.717) is 13.1 Å². The third kappa shape index (κ3) is 1.93. The van der Waals surface area contributed by atoms with Crippen molar-refractivity contribution >= 4 is 17.3 Å². The molecular formula is C9H12N2O2S. The SMILES string of the molecule is Cc1csc(CN2CC(C(=O)O)C2)n1. The van der Waals surface area contributed by atoms with Crippen LogP contribution in [-0.4, -0.2) is 34.0 Å². The van der Waals surface area contributed by atoms with Crippen LogP contribution in [0.5, 0.6) is 0 Å². The lowest BCUT2D eigenvalue weighted by Gasteiger charge is -2.35. The third-order valence-corrected chi connectivity index (χ3v) is 3.28. The van der Waals surface area contributed by atoms with Gasteiger partial charge in [-0.2, -0.15) is 0 Å². The molecule has 14 heavy (non-hydrogen) atoms. The molecule has 0 amide bonds. The van der Waals surface area contributed by atoms with Crippen molar-refractivity contribution < 1.29 is 9.90 Å². The van der Waals surface area contributed by atoms with Gasteiger partial charge in [0.1, 0.15) is 5.01 Å². The first-order valence-electron chi connectivity index (χ1n) is 4.51. The van der Waals surface area contributed by atoms with E-state index >= 15 is 0 Å². The summed E-state index contributed by atoms with van der Waals surface area (Å²) in [6.45, 7) is 4.08. The number of thiazole rings is 1. The highest BCUT2D eigenvalue weighted by molar-refractivity contribution is 7.09. The Balaban J connectivity index is 1.82. The van der Waals surface area contributed by atoms with Crippen LogP contribution in [-0.2, 0) is 11.3 Å². The maximum absolute atomic E-state index is 10.5. The van der Waals surface area contributed by atoms with Crippen LogP contribution in [0.3, 0.4) is 0 Å². The number of aromatic nitrogens is 1. The van der Waals surface area contributed by atoms with Crippen molar-refractivity contribution in [3.05, 3.63) is 16.1 Å². The Bertz CT molecular complexity index is 344. The van der Waals surface area contributed by atoms with Crippen LogP contribution in [0.25, 0.3) is 0 Å². The molecule has 76 valence electrons. The van der Waals surface area contributed by atoms with Gasteiger partial charge >= 0.3 is 5.97 Å². The Morgan fingerprint density at radius 3 is 3.00 bits per heavy atom. The van der Waals surface area contributed by atoms with E-state index < -0.39 is 5.97 Å². The van der Waals surface area contributed by atoms with Crippen LogP contribution in [0.4, 0.5) is 0 Å². The second kappa shape index (κ2) is 3.67. The van der Waals surface area contributed by atoms with Crippen LogP contribution in [0.1, 0.15) is 10.7 Å². The van der Waals surface area contributed by atoms with E-state index in [0.717, 1.165) is 17.2 Å². The number of carbonyl (C=O) groups is 1. The molecule has 0 aliphatic carbocycles. The van der Waals surface area contributed by atoms with Crippen molar-refractivity contribution in [2.24, 2.45) is 5.92 Å². The predicted molar refractivity (Wildman–Crippen MR) is 53.3 cm³/mol. The molecule has 0 spiro atoms. The molecule has 0 unspecified atom stereocenters. The van der Waals surface area contributed by atoms with Crippen molar-refractivity contribution in [1.82, 2.24) is 9.88 Å². The molecule has 1 aliphatic rings. The van der Waals surface area contributed by atoms with Crippen molar-refractivity contribution in [1.29, 1.82) is 0 Å². The fraction of sp³-hybridized carbons (Fsp3) is 0.556. The maximum atomic E-state index is 10.5. The number of carboxylic acid groups (broad SMARTS) is 1. The highest BCUT2D eigenvalue weighted by Crippen LogP contribution is 2.20. The van der Waals surface area contributed by atoms with E-state index in [1.807, 2.05) is 12.3 Å². The van der Waals surface area contributed by atoms with E-state index in [2.05, 4.69) is 9.88 Å². The molecule has 1 N–H and O–H groups in total. The second-order valence-electron chi connectivity index (χ2n) is 3.61. The number of hydrogen-bond donors (Lipinski definition) is 1. The summed E-state index contributed by atoms with van der Waals surface area (Å²) in [6, 6.07) is 0. The molecule has 0 saturated carbocycles. The van der Waals surface area contributed by atoms with Gasteiger partial charge in [-0.3, -0.25) is 9.69 Å². The monoisotopic (exact) mass is 212 g/mol. The minimum atomic E-state index is -0.684. The topological polar surface area (TPSA) is 53.4 Å². The van der Waals surface area contributed by atoms with Crippen molar-refractivity contribution in [3.63, 3.8) is 0 Å². The van der Waals surface area contributed by atoms with Gasteiger partial charge in [0, 0.05) is 24.2 Å². The normalized spacial score (nSPS) is 18.1. The number of nitrogens with zero attached hydrogens (tertiary/aromatic N) is 2. The van der Waals surface area contributed by atoms with E-state index in [9.17, 15) is 4.79 Å². The van der Waals surface area contributed by atoms with Gasteiger partial charge in [-0.05, 0) is 6.92 Å². The van der Waals surface area contributed by atoms with Gasteiger partial charge in [0.05, 0.1) is 12.5 Å². The largest absolute Gasteiger partial charge is 0.481 e. The number of aliphatic carboxylic acids is 1. The number of hydrogen-bond acceptors (Lipinski definition) is 4. The molecule has 0 atom stereocenters. The predicted octanol–water partition coefficient (Wildman–Crippen LogP) is 0.968. The van der Waals surface area contributed by atoms with Gasteiger partial charge in [0.15, 0.2) is 0 Å². The summed E-state index contributed by atoms with van der Waals surface area (Å²) in [4.78, 5) is 17.0. The summed E-state index contributed by atoms with van der Waals surface area (Å²) in [7, 11) is 0. The summed E-state index contributed by atoms with van der Waals surface area (Å²) < 4.78 is 0. The standard InChI is InChI=1S/C9H12N2O2S/c1-6-5-14-8(10-6)4-11-2-7(3-11)9(12)13/h5,7H,2-4H2,1H3,(H,12,13). The summed E-state index contributed by atoms with van der Waals surface area (Å²) in [5, 5.41) is 11.8. The molecule has 2 rings (SSSR count). The average molecular weight is 212 g/mol. The smallest absolute Gasteiger partial charge is 0.309 e. The van der Waals surface area contributed by atoms with Gasteiger partial charge in [-0.1, -0.05) is 0 Å². The molecule has 1 saturated heterocycles. The summed E-state index contributed by atoms with van der Waals surface area (Å²) in [5.41, 5.74) is 1.04. The molecule has 0 bridgehead atoms. The van der Waals surface area contributed by atoms with Crippen LogP contribution < -0.4 is 0 Å². The molecule has 4 nitrogen and oxygen atoms in total. The molecule has 2 heterocycles. The van der Waals surface area contributed by atoms with Gasteiger partial charge in [-0.25, -0.2) is 4.98 Å². The van der Waals surface area contributed by atoms with E-state index in [1.54, 1.807) is 11.3 Å². The second-order valence-corrected chi connectivity index (χ2v) is 4.55. The van der Waals surface area contributed by atoms with E-state index in [4.69, 9.17) is 5.11 Å². The zero-order chi connectivity index (χ0) is 10.1. The van der Waals surface area contributed by atoms with Crippen molar-refractivity contribution in [3.8, 4) is 0 Å². The number of aryl methyl sites for hydroxylation is 1. The van der Waals surface area contributed by atoms with Crippen molar-refractivity contribution in [2.45, 2.75) is 13.5 Å². The molecule has 0 aromatic carbocycles. The zero-order valence-electron chi connectivity index (χ0n) is 7.93. The average Bonchev–Trinajstić information content (AvgIpc) is 2.42. The fourth-order valence-corrected chi connectivity index (χ4v) is 2.33. The lowest BCUT2D eigenvalue weighted by atomic mass is 10.0. The fourth-order valence-electron chi connectivity index (χ4n) is 1.52. The van der Waals surface area contributed by atoms with E-state index in [1.165, 1.54) is 0 Å². The minimum absolute atomic E-state index is 0.170. The Labute approximate surface area is 86.2 Å². The minimum Gasteiger partial charge on any atom is -0.481 e. The van der Waals surface area contributed by atoms with Crippen molar-refractivity contribution in [2.75, 3.05) is 13.1 Å². The quantitative estimate of drug-likeness (QED) is 0.811. The molecule has 1 fully saturated rings. The maximum Gasteiger partial charge on any atom is 0.309 e. The summed E-state index contributed by atoms with van der Waals surface area (Å²) in [6.07, 6.45) is 0. The Hall–Kier alpha value is -0.940. The first-order chi connectivity index (χ1) is 6.65.